The molecule has 8 heteroatoms. The van der Waals surface area contributed by atoms with E-state index < -0.39 is 5.41 Å². The predicted molar refractivity (Wildman–Crippen MR) is 99.1 cm³/mol. The number of rotatable bonds is 3. The summed E-state index contributed by atoms with van der Waals surface area (Å²) in [6.07, 6.45) is 6.00. The lowest BCUT2D eigenvalue weighted by molar-refractivity contribution is -0.144. The Hall–Kier alpha value is -2.22. The number of piperidine rings is 1. The van der Waals surface area contributed by atoms with E-state index in [-0.39, 0.29) is 23.8 Å². The van der Waals surface area contributed by atoms with Gasteiger partial charge in [0.05, 0.1) is 5.41 Å². The maximum atomic E-state index is 13.3. The Labute approximate surface area is 159 Å². The molecule has 3 aliphatic heterocycles. The first-order valence-electron chi connectivity index (χ1n) is 9.56. The van der Waals surface area contributed by atoms with E-state index in [4.69, 9.17) is 4.74 Å². The van der Waals surface area contributed by atoms with Gasteiger partial charge in [-0.25, -0.2) is 9.97 Å². The fraction of sp³-hybridized carbons (Fsp3) is 0.684. The molecule has 8 nitrogen and oxygen atoms in total. The Morgan fingerprint density at radius 2 is 1.85 bits per heavy atom. The van der Waals surface area contributed by atoms with Crippen molar-refractivity contribution in [2.45, 2.75) is 19.3 Å². The lowest BCUT2D eigenvalue weighted by Crippen LogP contribution is -2.53. The smallest absolute Gasteiger partial charge is 0.248 e. The predicted octanol–water partition coefficient (Wildman–Crippen LogP) is 0.400. The highest BCUT2D eigenvalue weighted by molar-refractivity contribution is 5.87. The molecule has 0 saturated carbocycles. The summed E-state index contributed by atoms with van der Waals surface area (Å²) >= 11 is 0. The third-order valence-electron chi connectivity index (χ3n) is 6.78. The summed E-state index contributed by atoms with van der Waals surface area (Å²) in [5.74, 6) is 0.948. The minimum atomic E-state index is -0.405. The summed E-state index contributed by atoms with van der Waals surface area (Å²) in [5, 5.41) is 0. The summed E-state index contributed by atoms with van der Waals surface area (Å²) in [5.41, 5.74) is -0.546. The van der Waals surface area contributed by atoms with Crippen LogP contribution in [0.4, 0.5) is 5.95 Å². The van der Waals surface area contributed by atoms with Gasteiger partial charge in [-0.2, -0.15) is 0 Å². The Bertz CT molecular complexity index is 719. The topological polar surface area (TPSA) is 78.9 Å². The Morgan fingerprint density at radius 3 is 2.44 bits per heavy atom. The van der Waals surface area contributed by atoms with E-state index >= 15 is 0 Å². The molecule has 3 aliphatic rings. The van der Waals surface area contributed by atoms with Gasteiger partial charge in [0.25, 0.3) is 0 Å². The van der Waals surface area contributed by atoms with E-state index in [0.717, 1.165) is 32.4 Å². The molecule has 3 fully saturated rings. The van der Waals surface area contributed by atoms with Crippen LogP contribution < -0.4 is 4.90 Å². The van der Waals surface area contributed by atoms with Crippen LogP contribution in [-0.4, -0.2) is 85.1 Å². The maximum Gasteiger partial charge on any atom is 0.248 e. The monoisotopic (exact) mass is 373 g/mol. The molecule has 0 aromatic carbocycles. The number of carbonyl (C=O) groups is 2. The molecule has 1 aromatic rings. The number of fused-ring (bicyclic) bond motifs is 1. The van der Waals surface area contributed by atoms with Gasteiger partial charge in [0, 0.05) is 64.7 Å². The van der Waals surface area contributed by atoms with Crippen LogP contribution in [-0.2, 0) is 14.3 Å². The Kier molecular flexibility index (Phi) is 4.53. The summed E-state index contributed by atoms with van der Waals surface area (Å²) < 4.78 is 5.00. The van der Waals surface area contributed by atoms with Crippen molar-refractivity contribution >= 4 is 17.8 Å². The van der Waals surface area contributed by atoms with E-state index in [9.17, 15) is 9.59 Å². The number of aromatic nitrogens is 2. The first-order valence-corrected chi connectivity index (χ1v) is 9.56. The molecule has 0 N–H and O–H groups in total. The van der Waals surface area contributed by atoms with E-state index in [1.54, 1.807) is 25.6 Å². The Morgan fingerprint density at radius 1 is 1.15 bits per heavy atom. The molecule has 0 bridgehead atoms. The van der Waals surface area contributed by atoms with Crippen LogP contribution in [0.15, 0.2) is 18.5 Å². The molecule has 3 saturated heterocycles. The molecule has 0 radical (unpaired) electrons. The fourth-order valence-corrected chi connectivity index (χ4v) is 5.27. The molecule has 0 aliphatic carbocycles. The molecule has 1 atom stereocenters. The van der Waals surface area contributed by atoms with Gasteiger partial charge >= 0.3 is 0 Å². The molecule has 2 spiro atoms. The zero-order valence-corrected chi connectivity index (χ0v) is 16.1. The second-order valence-corrected chi connectivity index (χ2v) is 8.06. The van der Waals surface area contributed by atoms with Gasteiger partial charge in [-0.1, -0.05) is 0 Å². The molecule has 4 rings (SSSR count). The molecular weight excluding hydrogens is 346 g/mol. The minimum Gasteiger partial charge on any atom is -0.375 e. The van der Waals surface area contributed by atoms with Crippen molar-refractivity contribution < 1.29 is 14.3 Å². The summed E-state index contributed by atoms with van der Waals surface area (Å²) in [6, 6.07) is 1.81. The number of carbonyl (C=O) groups excluding carboxylic acids is 2. The highest BCUT2D eigenvalue weighted by Crippen LogP contribution is 2.57. The normalized spacial score (nSPS) is 27.2. The molecule has 27 heavy (non-hydrogen) atoms. The first kappa shape index (κ1) is 18.2. The van der Waals surface area contributed by atoms with Gasteiger partial charge < -0.3 is 19.4 Å². The van der Waals surface area contributed by atoms with E-state index in [1.807, 2.05) is 16.8 Å². The number of methoxy groups -OCH3 is 1. The molecule has 146 valence electrons. The van der Waals surface area contributed by atoms with E-state index in [2.05, 4.69) is 14.9 Å². The van der Waals surface area contributed by atoms with Gasteiger partial charge in [-0.05, 0) is 25.3 Å². The van der Waals surface area contributed by atoms with Gasteiger partial charge in [-0.15, -0.1) is 0 Å². The lowest BCUT2D eigenvalue weighted by Gasteiger charge is -2.46. The minimum absolute atomic E-state index is 0.0255. The highest BCUT2D eigenvalue weighted by atomic mass is 16.5. The van der Waals surface area contributed by atoms with Gasteiger partial charge in [0.2, 0.25) is 17.8 Å². The number of likely N-dealkylation sites (tertiary alicyclic amines) is 2. The average Bonchev–Trinajstić information content (AvgIpc) is 3.16. The van der Waals surface area contributed by atoms with Crippen LogP contribution in [0.2, 0.25) is 0 Å². The summed E-state index contributed by atoms with van der Waals surface area (Å²) in [4.78, 5) is 40.2. The highest BCUT2D eigenvalue weighted by Gasteiger charge is 2.65. The standard InChI is InChI=1S/C19H27N5O3/c1-22-9-6-19(16(22)26)14-24(17-20-7-3-8-21-17)13-18(19)4-10-23(11-5-18)15(25)12-27-2/h3,7-8H,4-6,9-14H2,1-2H3. The van der Waals surface area contributed by atoms with E-state index in [1.165, 1.54) is 0 Å². The molecule has 4 heterocycles. The molecule has 1 aromatic heterocycles. The quantitative estimate of drug-likeness (QED) is 0.763. The molecular formula is C19H27N5O3. The third-order valence-corrected chi connectivity index (χ3v) is 6.78. The van der Waals surface area contributed by atoms with Gasteiger partial charge in [-0.3, -0.25) is 9.59 Å². The SMILES string of the molecule is COCC(=O)N1CCC2(CC1)CN(c1ncccn1)CC21CCN(C)C1=O. The van der Waals surface area contributed by atoms with Crippen molar-refractivity contribution in [2.75, 3.05) is 58.4 Å². The number of hydrogen-bond donors (Lipinski definition) is 0. The number of anilines is 1. The van der Waals surface area contributed by atoms with Crippen LogP contribution >= 0.6 is 0 Å². The van der Waals surface area contributed by atoms with Crippen LogP contribution in [0, 0.1) is 10.8 Å². The van der Waals surface area contributed by atoms with Crippen molar-refractivity contribution in [3.8, 4) is 0 Å². The van der Waals surface area contributed by atoms with Gasteiger partial charge in [0.1, 0.15) is 6.61 Å². The Balaban J connectivity index is 1.62. The summed E-state index contributed by atoms with van der Waals surface area (Å²) in [6.45, 7) is 3.67. The second-order valence-electron chi connectivity index (χ2n) is 8.06. The molecule has 1 unspecified atom stereocenters. The van der Waals surface area contributed by atoms with Gasteiger partial charge in [0.15, 0.2) is 0 Å². The number of amides is 2. The van der Waals surface area contributed by atoms with Crippen molar-refractivity contribution in [3.63, 3.8) is 0 Å². The lowest BCUT2D eigenvalue weighted by atomic mass is 9.60. The van der Waals surface area contributed by atoms with Crippen molar-refractivity contribution in [2.24, 2.45) is 10.8 Å². The van der Waals surface area contributed by atoms with Crippen molar-refractivity contribution in [1.82, 2.24) is 19.8 Å². The molecule has 2 amide bonds. The first-order chi connectivity index (χ1) is 13.0. The second kappa shape index (κ2) is 6.74. The summed E-state index contributed by atoms with van der Waals surface area (Å²) in [7, 11) is 3.43. The van der Waals surface area contributed by atoms with Crippen molar-refractivity contribution in [3.05, 3.63) is 18.5 Å². The largest absolute Gasteiger partial charge is 0.375 e. The third kappa shape index (κ3) is 2.77. The van der Waals surface area contributed by atoms with Crippen molar-refractivity contribution in [1.29, 1.82) is 0 Å². The number of ether oxygens (including phenoxy) is 1. The van der Waals surface area contributed by atoms with Crippen LogP contribution in [0.5, 0.6) is 0 Å². The zero-order valence-electron chi connectivity index (χ0n) is 16.1. The average molecular weight is 373 g/mol. The van der Waals surface area contributed by atoms with Crippen LogP contribution in [0.1, 0.15) is 19.3 Å². The number of hydrogen-bond acceptors (Lipinski definition) is 6. The van der Waals surface area contributed by atoms with Crippen LogP contribution in [0.25, 0.3) is 0 Å². The number of nitrogens with zero attached hydrogens (tertiary/aromatic N) is 5. The maximum absolute atomic E-state index is 13.3. The zero-order chi connectivity index (χ0) is 19.1. The van der Waals surface area contributed by atoms with Crippen LogP contribution in [0.3, 0.4) is 0 Å². The van der Waals surface area contributed by atoms with E-state index in [0.29, 0.717) is 25.6 Å². The fourth-order valence-electron chi connectivity index (χ4n) is 5.27.